The average molecular weight is 292 g/mol. The Bertz CT molecular complexity index is 525. The van der Waals surface area contributed by atoms with Crippen molar-refractivity contribution in [2.45, 2.75) is 20.3 Å². The van der Waals surface area contributed by atoms with Gasteiger partial charge in [-0.1, -0.05) is 13.8 Å². The van der Waals surface area contributed by atoms with E-state index >= 15 is 0 Å². The summed E-state index contributed by atoms with van der Waals surface area (Å²) in [4.78, 5) is 30.4. The van der Waals surface area contributed by atoms with Gasteiger partial charge in [0.25, 0.3) is 0 Å². The normalized spacial score (nSPS) is 15.4. The zero-order valence-electron chi connectivity index (χ0n) is 12.4. The van der Waals surface area contributed by atoms with E-state index in [0.717, 1.165) is 0 Å². The molecule has 7 nitrogen and oxygen atoms in total. The number of hydrogen-bond donors (Lipinski definition) is 0. The number of hydrogen-bond acceptors (Lipinski definition) is 5. The number of rotatable bonds is 4. The van der Waals surface area contributed by atoms with Gasteiger partial charge in [-0.25, -0.2) is 4.98 Å². The first-order valence-electron chi connectivity index (χ1n) is 7.11. The van der Waals surface area contributed by atoms with Gasteiger partial charge in [0, 0.05) is 44.9 Å². The lowest BCUT2D eigenvalue weighted by atomic mass is 10.1. The highest BCUT2D eigenvalue weighted by atomic mass is 16.6. The molecule has 0 radical (unpaired) electrons. The maximum absolute atomic E-state index is 12.0. The smallest absolute Gasteiger partial charge is 0.311 e. The van der Waals surface area contributed by atoms with Gasteiger partial charge in [-0.2, -0.15) is 0 Å². The Balaban J connectivity index is 2.01. The molecule has 21 heavy (non-hydrogen) atoms. The third kappa shape index (κ3) is 3.68. The molecule has 7 heteroatoms. The van der Waals surface area contributed by atoms with Crippen LogP contribution in [-0.2, 0) is 4.79 Å². The Labute approximate surface area is 123 Å². The number of piperazine rings is 1. The molecule has 1 saturated heterocycles. The second-order valence-electron chi connectivity index (χ2n) is 5.57. The fourth-order valence-corrected chi connectivity index (χ4v) is 2.42. The highest BCUT2D eigenvalue weighted by molar-refractivity contribution is 5.76. The molecular formula is C14H20N4O3. The Morgan fingerprint density at radius 1 is 1.38 bits per heavy atom. The van der Waals surface area contributed by atoms with Gasteiger partial charge < -0.3 is 9.80 Å². The van der Waals surface area contributed by atoms with E-state index in [1.807, 2.05) is 23.6 Å². The third-order valence-electron chi connectivity index (χ3n) is 3.48. The van der Waals surface area contributed by atoms with E-state index in [1.54, 1.807) is 12.3 Å². The van der Waals surface area contributed by atoms with Crippen LogP contribution in [0.4, 0.5) is 11.5 Å². The highest BCUT2D eigenvalue weighted by Gasteiger charge is 2.26. The first-order chi connectivity index (χ1) is 9.99. The van der Waals surface area contributed by atoms with Gasteiger partial charge in [-0.3, -0.25) is 14.9 Å². The minimum absolute atomic E-state index is 0.0134. The SMILES string of the molecule is CC(C)CC(=O)N1CCN(c2ncccc2[N+](=O)[O-])CC1. The van der Waals surface area contributed by atoms with Crippen molar-refractivity contribution in [2.24, 2.45) is 5.92 Å². The molecule has 0 unspecified atom stereocenters. The molecule has 114 valence electrons. The van der Waals surface area contributed by atoms with Gasteiger partial charge in [-0.15, -0.1) is 0 Å². The molecular weight excluding hydrogens is 272 g/mol. The molecule has 0 spiro atoms. The van der Waals surface area contributed by atoms with Crippen LogP contribution in [0.3, 0.4) is 0 Å². The minimum atomic E-state index is -0.418. The van der Waals surface area contributed by atoms with Crippen LogP contribution in [0.25, 0.3) is 0 Å². The highest BCUT2D eigenvalue weighted by Crippen LogP contribution is 2.25. The first kappa shape index (κ1) is 15.2. The molecule has 0 bridgehead atoms. The van der Waals surface area contributed by atoms with E-state index in [9.17, 15) is 14.9 Å². The standard InChI is InChI=1S/C14H20N4O3/c1-11(2)10-13(19)16-6-8-17(9-7-16)14-12(18(20)21)4-3-5-15-14/h3-5,11H,6-10H2,1-2H3. The summed E-state index contributed by atoms with van der Waals surface area (Å²) in [6.45, 7) is 6.35. The summed E-state index contributed by atoms with van der Waals surface area (Å²) < 4.78 is 0. The van der Waals surface area contributed by atoms with Crippen LogP contribution in [0.15, 0.2) is 18.3 Å². The quantitative estimate of drug-likeness (QED) is 0.623. The van der Waals surface area contributed by atoms with Crippen molar-refractivity contribution in [2.75, 3.05) is 31.1 Å². The second kappa shape index (κ2) is 6.51. The number of pyridine rings is 1. The molecule has 0 aromatic carbocycles. The number of anilines is 1. The Morgan fingerprint density at radius 2 is 2.05 bits per heavy atom. The zero-order chi connectivity index (χ0) is 15.4. The summed E-state index contributed by atoms with van der Waals surface area (Å²) in [5, 5.41) is 11.0. The Hall–Kier alpha value is -2.18. The number of aromatic nitrogens is 1. The van der Waals surface area contributed by atoms with Crippen molar-refractivity contribution in [3.05, 3.63) is 28.4 Å². The lowest BCUT2D eigenvalue weighted by molar-refractivity contribution is -0.384. The molecule has 1 aromatic heterocycles. The van der Waals surface area contributed by atoms with Crippen LogP contribution in [0.2, 0.25) is 0 Å². The molecule has 1 aromatic rings. The van der Waals surface area contributed by atoms with Crippen molar-refractivity contribution in [3.8, 4) is 0 Å². The molecule has 0 atom stereocenters. The fourth-order valence-electron chi connectivity index (χ4n) is 2.42. The summed E-state index contributed by atoms with van der Waals surface area (Å²) in [7, 11) is 0. The van der Waals surface area contributed by atoms with E-state index in [1.165, 1.54) is 6.07 Å². The largest absolute Gasteiger partial charge is 0.347 e. The summed E-state index contributed by atoms with van der Waals surface area (Å²) in [5.74, 6) is 0.881. The Morgan fingerprint density at radius 3 is 2.62 bits per heavy atom. The first-order valence-corrected chi connectivity index (χ1v) is 7.11. The second-order valence-corrected chi connectivity index (χ2v) is 5.57. The summed E-state index contributed by atoms with van der Waals surface area (Å²) in [6.07, 6.45) is 2.10. The molecule has 0 saturated carbocycles. The lowest BCUT2D eigenvalue weighted by Gasteiger charge is -2.35. The summed E-state index contributed by atoms with van der Waals surface area (Å²) >= 11 is 0. The van der Waals surface area contributed by atoms with Crippen LogP contribution < -0.4 is 4.90 Å². The van der Waals surface area contributed by atoms with Crippen molar-refractivity contribution < 1.29 is 9.72 Å². The van der Waals surface area contributed by atoms with E-state index in [2.05, 4.69) is 4.98 Å². The molecule has 1 aliphatic rings. The molecule has 2 heterocycles. The van der Waals surface area contributed by atoms with Crippen LogP contribution >= 0.6 is 0 Å². The van der Waals surface area contributed by atoms with Crippen molar-refractivity contribution in [3.63, 3.8) is 0 Å². The number of amides is 1. The van der Waals surface area contributed by atoms with Crippen LogP contribution in [0, 0.1) is 16.0 Å². The summed E-state index contributed by atoms with van der Waals surface area (Å²) in [6, 6.07) is 3.02. The van der Waals surface area contributed by atoms with Crippen LogP contribution in [0.5, 0.6) is 0 Å². The fraction of sp³-hybridized carbons (Fsp3) is 0.571. The molecule has 1 fully saturated rings. The van der Waals surface area contributed by atoms with Crippen molar-refractivity contribution in [1.29, 1.82) is 0 Å². The predicted octanol–water partition coefficient (Wildman–Crippen LogP) is 1.68. The van der Waals surface area contributed by atoms with Crippen LogP contribution in [0.1, 0.15) is 20.3 Å². The summed E-state index contributed by atoms with van der Waals surface area (Å²) in [5.41, 5.74) is 0.0134. The van der Waals surface area contributed by atoms with E-state index < -0.39 is 4.92 Å². The minimum Gasteiger partial charge on any atom is -0.347 e. The van der Waals surface area contributed by atoms with E-state index in [4.69, 9.17) is 0 Å². The Kier molecular flexibility index (Phi) is 4.72. The topological polar surface area (TPSA) is 79.6 Å². The van der Waals surface area contributed by atoms with E-state index in [-0.39, 0.29) is 11.6 Å². The maximum atomic E-state index is 12.0. The lowest BCUT2D eigenvalue weighted by Crippen LogP contribution is -2.49. The molecule has 2 rings (SSSR count). The average Bonchev–Trinajstić information content (AvgIpc) is 2.46. The monoisotopic (exact) mass is 292 g/mol. The van der Waals surface area contributed by atoms with Gasteiger partial charge >= 0.3 is 5.69 Å². The molecule has 1 aliphatic heterocycles. The van der Waals surface area contributed by atoms with Gasteiger partial charge in [0.2, 0.25) is 11.7 Å². The van der Waals surface area contributed by atoms with Gasteiger partial charge in [0.15, 0.2) is 0 Å². The molecule has 1 amide bonds. The van der Waals surface area contributed by atoms with Crippen LogP contribution in [-0.4, -0.2) is 46.9 Å². The number of carbonyl (C=O) groups is 1. The maximum Gasteiger partial charge on any atom is 0.311 e. The van der Waals surface area contributed by atoms with E-state index in [0.29, 0.717) is 44.3 Å². The van der Waals surface area contributed by atoms with Crippen molar-refractivity contribution in [1.82, 2.24) is 9.88 Å². The van der Waals surface area contributed by atoms with Gasteiger partial charge in [0.05, 0.1) is 4.92 Å². The number of nitro groups is 1. The number of carbonyl (C=O) groups excluding carboxylic acids is 1. The van der Waals surface area contributed by atoms with Crippen molar-refractivity contribution >= 4 is 17.4 Å². The third-order valence-corrected chi connectivity index (χ3v) is 3.48. The number of nitrogens with zero attached hydrogens (tertiary/aromatic N) is 4. The van der Waals surface area contributed by atoms with Gasteiger partial charge in [0.1, 0.15) is 0 Å². The molecule has 0 N–H and O–H groups in total. The zero-order valence-corrected chi connectivity index (χ0v) is 12.4. The molecule has 0 aliphatic carbocycles. The van der Waals surface area contributed by atoms with Gasteiger partial charge in [-0.05, 0) is 12.0 Å². The predicted molar refractivity (Wildman–Crippen MR) is 79.1 cm³/mol.